The molecular weight excluding hydrogens is 380 g/mol. The standard InChI is InChI=1S/C24H32N2O2S/c1-4-22(24(28)25-19(2)3)26(17-20-11-7-5-8-12-20)23(27)15-16-29-18-21-13-9-6-10-14-21/h5-14,19,22H,4,15-18H2,1-3H3,(H,25,28)/t22-/m0/s1. The van der Waals surface area contributed by atoms with Gasteiger partial charge in [-0.25, -0.2) is 0 Å². The molecule has 0 spiro atoms. The summed E-state index contributed by atoms with van der Waals surface area (Å²) in [6, 6.07) is 19.7. The second-order valence-corrected chi connectivity index (χ2v) is 8.49. The first kappa shape index (κ1) is 23.0. The summed E-state index contributed by atoms with van der Waals surface area (Å²) in [6.07, 6.45) is 1.02. The van der Waals surface area contributed by atoms with Crippen molar-refractivity contribution in [2.45, 2.75) is 58.0 Å². The average Bonchev–Trinajstić information content (AvgIpc) is 2.72. The van der Waals surface area contributed by atoms with Gasteiger partial charge >= 0.3 is 0 Å². The molecular formula is C24H32N2O2S. The highest BCUT2D eigenvalue weighted by molar-refractivity contribution is 7.98. The van der Waals surface area contributed by atoms with E-state index in [4.69, 9.17) is 0 Å². The lowest BCUT2D eigenvalue weighted by atomic mass is 10.1. The number of nitrogens with zero attached hydrogens (tertiary/aromatic N) is 1. The smallest absolute Gasteiger partial charge is 0.243 e. The van der Waals surface area contributed by atoms with Gasteiger partial charge in [0.25, 0.3) is 0 Å². The van der Waals surface area contributed by atoms with Gasteiger partial charge in [-0.3, -0.25) is 9.59 Å². The Labute approximate surface area is 179 Å². The van der Waals surface area contributed by atoms with Crippen LogP contribution in [-0.4, -0.2) is 34.6 Å². The minimum absolute atomic E-state index is 0.0279. The predicted octanol–water partition coefficient (Wildman–Crippen LogP) is 4.64. The van der Waals surface area contributed by atoms with Gasteiger partial charge in [-0.05, 0) is 31.4 Å². The number of carbonyl (C=O) groups excluding carboxylic acids is 2. The maximum Gasteiger partial charge on any atom is 0.243 e. The fourth-order valence-corrected chi connectivity index (χ4v) is 4.04. The number of rotatable bonds is 11. The van der Waals surface area contributed by atoms with Crippen LogP contribution >= 0.6 is 11.8 Å². The average molecular weight is 413 g/mol. The van der Waals surface area contributed by atoms with Crippen molar-refractivity contribution in [3.8, 4) is 0 Å². The molecule has 2 aromatic rings. The monoisotopic (exact) mass is 412 g/mol. The van der Waals surface area contributed by atoms with E-state index in [9.17, 15) is 9.59 Å². The highest BCUT2D eigenvalue weighted by Crippen LogP contribution is 2.17. The summed E-state index contributed by atoms with van der Waals surface area (Å²) in [5.74, 6) is 1.57. The molecule has 1 atom stereocenters. The lowest BCUT2D eigenvalue weighted by Crippen LogP contribution is -2.50. The van der Waals surface area contributed by atoms with E-state index in [1.54, 1.807) is 16.7 Å². The van der Waals surface area contributed by atoms with Gasteiger partial charge in [0.1, 0.15) is 6.04 Å². The van der Waals surface area contributed by atoms with Gasteiger partial charge in [0.2, 0.25) is 11.8 Å². The summed E-state index contributed by atoms with van der Waals surface area (Å²) in [5, 5.41) is 2.97. The molecule has 5 heteroatoms. The van der Waals surface area contributed by atoms with E-state index < -0.39 is 6.04 Å². The van der Waals surface area contributed by atoms with Crippen molar-refractivity contribution in [3.05, 3.63) is 71.8 Å². The van der Waals surface area contributed by atoms with Gasteiger partial charge in [0, 0.05) is 30.5 Å². The first-order valence-electron chi connectivity index (χ1n) is 10.3. The van der Waals surface area contributed by atoms with Crippen LogP contribution in [0.2, 0.25) is 0 Å². The minimum Gasteiger partial charge on any atom is -0.352 e. The molecule has 4 nitrogen and oxygen atoms in total. The van der Waals surface area contributed by atoms with Gasteiger partial charge < -0.3 is 10.2 Å². The van der Waals surface area contributed by atoms with Crippen LogP contribution in [0.1, 0.15) is 44.7 Å². The number of benzene rings is 2. The predicted molar refractivity (Wildman–Crippen MR) is 122 cm³/mol. The third-order valence-corrected chi connectivity index (χ3v) is 5.61. The van der Waals surface area contributed by atoms with Gasteiger partial charge in [-0.2, -0.15) is 11.8 Å². The molecule has 156 valence electrons. The summed E-state index contributed by atoms with van der Waals surface area (Å²) in [4.78, 5) is 27.6. The molecule has 0 unspecified atom stereocenters. The van der Waals surface area contributed by atoms with Gasteiger partial charge in [-0.15, -0.1) is 0 Å². The summed E-state index contributed by atoms with van der Waals surface area (Å²) in [5.41, 5.74) is 2.29. The first-order valence-corrected chi connectivity index (χ1v) is 11.4. The number of thioether (sulfide) groups is 1. The van der Waals surface area contributed by atoms with Crippen LogP contribution in [0.3, 0.4) is 0 Å². The van der Waals surface area contributed by atoms with Crippen molar-refractivity contribution in [2.75, 3.05) is 5.75 Å². The zero-order valence-corrected chi connectivity index (χ0v) is 18.5. The van der Waals surface area contributed by atoms with E-state index in [0.29, 0.717) is 19.4 Å². The van der Waals surface area contributed by atoms with Crippen molar-refractivity contribution in [1.29, 1.82) is 0 Å². The molecule has 0 bridgehead atoms. The Bertz CT molecular complexity index is 750. The summed E-state index contributed by atoms with van der Waals surface area (Å²) in [6.45, 7) is 6.29. The third-order valence-electron chi connectivity index (χ3n) is 4.58. The van der Waals surface area contributed by atoms with Crippen LogP contribution in [0.25, 0.3) is 0 Å². The number of carbonyl (C=O) groups is 2. The summed E-state index contributed by atoms with van der Waals surface area (Å²) >= 11 is 1.75. The Balaban J connectivity index is 2.02. The number of hydrogen-bond donors (Lipinski definition) is 1. The molecule has 0 fully saturated rings. The molecule has 0 aliphatic carbocycles. The van der Waals surface area contributed by atoms with E-state index in [-0.39, 0.29) is 17.9 Å². The Morgan fingerprint density at radius 3 is 2.10 bits per heavy atom. The first-order chi connectivity index (χ1) is 14.0. The molecule has 2 rings (SSSR count). The topological polar surface area (TPSA) is 49.4 Å². The van der Waals surface area contributed by atoms with Crippen molar-refractivity contribution >= 4 is 23.6 Å². The van der Waals surface area contributed by atoms with Crippen LogP contribution in [0.4, 0.5) is 0 Å². The molecule has 0 aromatic heterocycles. The molecule has 0 saturated carbocycles. The second-order valence-electron chi connectivity index (χ2n) is 7.38. The normalized spacial score (nSPS) is 11.9. The quantitative estimate of drug-likeness (QED) is 0.547. The number of amides is 2. The van der Waals surface area contributed by atoms with Crippen LogP contribution in [0, 0.1) is 0 Å². The van der Waals surface area contributed by atoms with E-state index in [1.807, 2.05) is 69.3 Å². The Hall–Kier alpha value is -2.27. The SMILES string of the molecule is CC[C@@H](C(=O)NC(C)C)N(Cc1ccccc1)C(=O)CCSCc1ccccc1. The lowest BCUT2D eigenvalue weighted by Gasteiger charge is -2.31. The highest BCUT2D eigenvalue weighted by Gasteiger charge is 2.28. The molecule has 0 aliphatic heterocycles. The largest absolute Gasteiger partial charge is 0.352 e. The number of hydrogen-bond acceptors (Lipinski definition) is 3. The maximum atomic E-state index is 13.1. The van der Waals surface area contributed by atoms with E-state index in [2.05, 4.69) is 17.4 Å². The number of nitrogens with one attached hydrogen (secondary N) is 1. The maximum absolute atomic E-state index is 13.1. The van der Waals surface area contributed by atoms with Crippen LogP contribution in [0.5, 0.6) is 0 Å². The van der Waals surface area contributed by atoms with Crippen molar-refractivity contribution < 1.29 is 9.59 Å². The second kappa shape index (κ2) is 12.3. The molecule has 0 radical (unpaired) electrons. The van der Waals surface area contributed by atoms with Crippen LogP contribution < -0.4 is 5.32 Å². The van der Waals surface area contributed by atoms with E-state index in [0.717, 1.165) is 17.1 Å². The van der Waals surface area contributed by atoms with Gasteiger partial charge in [0.15, 0.2) is 0 Å². The van der Waals surface area contributed by atoms with Crippen molar-refractivity contribution in [3.63, 3.8) is 0 Å². The zero-order valence-electron chi connectivity index (χ0n) is 17.6. The molecule has 0 aliphatic rings. The van der Waals surface area contributed by atoms with Crippen molar-refractivity contribution in [2.24, 2.45) is 0 Å². The molecule has 0 saturated heterocycles. The molecule has 2 aromatic carbocycles. The highest BCUT2D eigenvalue weighted by atomic mass is 32.2. The zero-order chi connectivity index (χ0) is 21.1. The summed E-state index contributed by atoms with van der Waals surface area (Å²) < 4.78 is 0. The fourth-order valence-electron chi connectivity index (χ4n) is 3.15. The van der Waals surface area contributed by atoms with Crippen LogP contribution in [0.15, 0.2) is 60.7 Å². The molecule has 0 heterocycles. The Morgan fingerprint density at radius 2 is 1.55 bits per heavy atom. The van der Waals surface area contributed by atoms with Gasteiger partial charge in [-0.1, -0.05) is 67.6 Å². The Morgan fingerprint density at radius 1 is 0.966 bits per heavy atom. The third kappa shape index (κ3) is 7.94. The molecule has 2 amide bonds. The van der Waals surface area contributed by atoms with Crippen molar-refractivity contribution in [1.82, 2.24) is 10.2 Å². The lowest BCUT2D eigenvalue weighted by molar-refractivity contribution is -0.141. The fraction of sp³-hybridized carbons (Fsp3) is 0.417. The van der Waals surface area contributed by atoms with E-state index in [1.165, 1.54) is 5.56 Å². The molecule has 1 N–H and O–H groups in total. The van der Waals surface area contributed by atoms with E-state index >= 15 is 0 Å². The molecule has 29 heavy (non-hydrogen) atoms. The Kier molecular flexibility index (Phi) is 9.78. The minimum atomic E-state index is -0.454. The van der Waals surface area contributed by atoms with Crippen LogP contribution in [-0.2, 0) is 21.9 Å². The summed E-state index contributed by atoms with van der Waals surface area (Å²) in [7, 11) is 0. The van der Waals surface area contributed by atoms with Gasteiger partial charge in [0.05, 0.1) is 0 Å².